The average molecular weight is 621 g/mol. The van der Waals surface area contributed by atoms with E-state index in [-0.39, 0.29) is 27.3 Å². The van der Waals surface area contributed by atoms with Gasteiger partial charge in [-0.25, -0.2) is 12.8 Å². The molecule has 0 unspecified atom stereocenters. The van der Waals surface area contributed by atoms with Gasteiger partial charge in [-0.3, -0.25) is 0 Å². The van der Waals surface area contributed by atoms with Crippen molar-refractivity contribution in [2.75, 3.05) is 0 Å². The van der Waals surface area contributed by atoms with Crippen LogP contribution in [0, 0.1) is 12.8 Å². The summed E-state index contributed by atoms with van der Waals surface area (Å²) in [6.07, 6.45) is -23.9. The van der Waals surface area contributed by atoms with Crippen LogP contribution in [0.25, 0.3) is 0 Å². The van der Waals surface area contributed by atoms with Gasteiger partial charge in [0.2, 0.25) is 0 Å². The Balaban J connectivity index is -0.000000411. The number of Topliss-reactive ketones (excluding diaryl/α,β-unsaturated/α-hetero) is 4. The van der Waals surface area contributed by atoms with Gasteiger partial charge in [-0.1, -0.05) is 0 Å². The molecule has 0 spiro atoms. The zero-order valence-corrected chi connectivity index (χ0v) is 15.7. The van der Waals surface area contributed by atoms with Crippen LogP contribution in [-0.4, -0.2) is 75.1 Å². The molecule has 0 fully saturated rings. The quantitative estimate of drug-likeness (QED) is 0.210. The number of halogens is 12. The molecule has 0 aliphatic carbocycles. The summed E-state index contributed by atoms with van der Waals surface area (Å²) in [6, 6.07) is 0. The molecule has 0 rings (SSSR count). The molecule has 27 heavy (non-hydrogen) atoms. The van der Waals surface area contributed by atoms with Gasteiger partial charge in [0, 0.05) is 0 Å². The predicted octanol–water partition coefficient (Wildman–Crippen LogP) is 2.53. The smallest absolute Gasteiger partial charge is 0.324 e. The van der Waals surface area contributed by atoms with Gasteiger partial charge in [-0.2, -0.15) is 52.7 Å². The SMILES string of the molecule is O=C([CH-]C(=O)C(F)(F)F)C(F)(F)F.O=C([CH-]C(=O)C(F)(F)F)C(F)(F)F.[Pb+2]. The van der Waals surface area contributed by atoms with Crippen molar-refractivity contribution in [2.45, 2.75) is 24.7 Å². The van der Waals surface area contributed by atoms with Crippen molar-refractivity contribution in [3.05, 3.63) is 12.8 Å². The second-order valence-corrected chi connectivity index (χ2v) is 3.74. The van der Waals surface area contributed by atoms with Crippen molar-refractivity contribution >= 4 is 50.4 Å². The summed E-state index contributed by atoms with van der Waals surface area (Å²) >= 11 is 0. The topological polar surface area (TPSA) is 68.3 Å². The van der Waals surface area contributed by atoms with Crippen molar-refractivity contribution in [3.63, 3.8) is 0 Å². The minimum atomic E-state index is -5.46. The van der Waals surface area contributed by atoms with E-state index in [2.05, 4.69) is 0 Å². The molecule has 0 heterocycles. The number of carbonyl (C=O) groups excluding carboxylic acids is 4. The van der Waals surface area contributed by atoms with Gasteiger partial charge in [-0.05, 0) is 0 Å². The Hall–Kier alpha value is -1.50. The number of ketones is 4. The van der Waals surface area contributed by atoms with Gasteiger partial charge in [0.1, 0.15) is 23.1 Å². The third-order valence-electron chi connectivity index (χ3n) is 1.64. The number of hydrogen-bond donors (Lipinski definition) is 0. The van der Waals surface area contributed by atoms with Gasteiger partial charge in [0.15, 0.2) is 0 Å². The molecule has 0 amide bonds. The van der Waals surface area contributed by atoms with Crippen molar-refractivity contribution < 1.29 is 71.9 Å². The largest absolute Gasteiger partial charge is 2.00 e. The molecule has 0 aromatic rings. The first-order chi connectivity index (χ1) is 11.1. The van der Waals surface area contributed by atoms with E-state index >= 15 is 0 Å². The van der Waals surface area contributed by atoms with Gasteiger partial charge in [0.25, 0.3) is 0 Å². The molecule has 0 atom stereocenters. The monoisotopic (exact) mass is 622 g/mol. The van der Waals surface area contributed by atoms with Gasteiger partial charge in [-0.15, -0.1) is 0 Å². The second kappa shape index (κ2) is 10.2. The molecule has 17 heteroatoms. The van der Waals surface area contributed by atoms with Crippen LogP contribution in [0.15, 0.2) is 0 Å². The third kappa shape index (κ3) is 13.3. The molecule has 0 N–H and O–H groups in total. The summed E-state index contributed by atoms with van der Waals surface area (Å²) in [5.41, 5.74) is 0. The molecule has 0 aromatic heterocycles. The molecule has 0 aromatic carbocycles. The van der Waals surface area contributed by atoms with Crippen LogP contribution in [0.3, 0.4) is 0 Å². The maximum Gasteiger partial charge on any atom is 2.00 e. The van der Waals surface area contributed by atoms with Crippen LogP contribution in [0.2, 0.25) is 0 Å². The molecular formula is C10H2F12O4Pb. The van der Waals surface area contributed by atoms with Crippen LogP contribution < -0.4 is 0 Å². The maximum atomic E-state index is 11.3. The predicted molar refractivity (Wildman–Crippen MR) is 58.6 cm³/mol. The van der Waals surface area contributed by atoms with E-state index in [0.717, 1.165) is 0 Å². The van der Waals surface area contributed by atoms with Crippen LogP contribution in [0.5, 0.6) is 0 Å². The summed E-state index contributed by atoms with van der Waals surface area (Å²) in [7, 11) is 0. The number of rotatable bonds is 4. The first kappa shape index (κ1) is 30.2. The molecule has 0 saturated heterocycles. The van der Waals surface area contributed by atoms with Crippen molar-refractivity contribution in [3.8, 4) is 0 Å². The zero-order chi connectivity index (χ0) is 21.7. The number of hydrogen-bond acceptors (Lipinski definition) is 4. The minimum absolute atomic E-state index is 0. The molecule has 0 saturated carbocycles. The van der Waals surface area contributed by atoms with Gasteiger partial charge < -0.3 is 19.2 Å². The summed E-state index contributed by atoms with van der Waals surface area (Å²) in [5.74, 6) is -11.3. The molecule has 0 aliphatic heterocycles. The first-order valence-corrected chi connectivity index (χ1v) is 5.24. The van der Waals surface area contributed by atoms with Crippen LogP contribution in [0.1, 0.15) is 0 Å². The second-order valence-electron chi connectivity index (χ2n) is 3.74. The normalized spacial score (nSPS) is 12.0. The Morgan fingerprint density at radius 1 is 0.407 bits per heavy atom. The van der Waals surface area contributed by atoms with Gasteiger partial charge in [0.05, 0.1) is 0 Å². The van der Waals surface area contributed by atoms with E-state index in [4.69, 9.17) is 0 Å². The number of carbonyl (C=O) groups is 4. The first-order valence-electron chi connectivity index (χ1n) is 5.24. The molecular weight excluding hydrogens is 619 g/mol. The fraction of sp³-hybridized carbons (Fsp3) is 0.400. The van der Waals surface area contributed by atoms with E-state index < -0.39 is 60.7 Å². The van der Waals surface area contributed by atoms with E-state index in [1.54, 1.807) is 0 Å². The van der Waals surface area contributed by atoms with Crippen molar-refractivity contribution in [1.82, 2.24) is 0 Å². The van der Waals surface area contributed by atoms with E-state index in [1.165, 1.54) is 0 Å². The standard InChI is InChI=1S/2C5HF6O2.Pb/c2*6-4(7,8)2(12)1-3(13)5(9,10)11;/h2*1H;/q2*-1;+2. The summed E-state index contributed by atoms with van der Waals surface area (Å²) < 4.78 is 136. The Morgan fingerprint density at radius 3 is 0.593 bits per heavy atom. The molecule has 4 nitrogen and oxygen atoms in total. The Bertz CT molecular complexity index is 456. The number of alkyl halides is 12. The molecule has 2 radical (unpaired) electrons. The van der Waals surface area contributed by atoms with Gasteiger partial charge >= 0.3 is 52.0 Å². The summed E-state index contributed by atoms with van der Waals surface area (Å²) in [5, 5.41) is 0. The van der Waals surface area contributed by atoms with Crippen LogP contribution >= 0.6 is 0 Å². The van der Waals surface area contributed by atoms with E-state index in [0.29, 0.717) is 0 Å². The molecule has 0 bridgehead atoms. The Labute approximate surface area is 160 Å². The van der Waals surface area contributed by atoms with Crippen molar-refractivity contribution in [1.29, 1.82) is 0 Å². The van der Waals surface area contributed by atoms with Crippen LogP contribution in [0.4, 0.5) is 52.7 Å². The third-order valence-corrected chi connectivity index (χ3v) is 1.64. The van der Waals surface area contributed by atoms with E-state index in [9.17, 15) is 71.9 Å². The molecule has 0 aliphatic rings. The summed E-state index contributed by atoms with van der Waals surface area (Å²) in [4.78, 5) is 39.3. The fourth-order valence-corrected chi connectivity index (χ4v) is 0.565. The Kier molecular flexibility index (Phi) is 11.4. The minimum Gasteiger partial charge on any atom is -0.324 e. The average Bonchev–Trinajstić information content (AvgIpc) is 2.34. The maximum absolute atomic E-state index is 11.3. The fourth-order valence-electron chi connectivity index (χ4n) is 0.565. The Morgan fingerprint density at radius 2 is 0.519 bits per heavy atom. The molecule has 154 valence electrons. The van der Waals surface area contributed by atoms with Crippen LogP contribution in [-0.2, 0) is 19.2 Å². The van der Waals surface area contributed by atoms with E-state index in [1.807, 2.05) is 0 Å². The van der Waals surface area contributed by atoms with Crippen molar-refractivity contribution in [2.24, 2.45) is 0 Å². The zero-order valence-electron chi connectivity index (χ0n) is 11.8. The summed E-state index contributed by atoms with van der Waals surface area (Å²) in [6.45, 7) is 0.